The molecule has 6 nitrogen and oxygen atoms in total. The van der Waals surface area contributed by atoms with Crippen molar-refractivity contribution in [3.63, 3.8) is 0 Å². The van der Waals surface area contributed by atoms with E-state index in [1.807, 2.05) is 48.8 Å². The van der Waals surface area contributed by atoms with Crippen molar-refractivity contribution in [2.24, 2.45) is 7.05 Å². The molecule has 0 aliphatic rings. The van der Waals surface area contributed by atoms with Crippen LogP contribution in [0.15, 0.2) is 91.3 Å². The molecular weight excluding hydrogens is 444 g/mol. The standard InChI is InChI=1S/C30H32N6/c1-36-29-11-3-2-10-28(29)35-30(36)19-25-18-23(20-32-22-27-9-5-7-16-34-27)12-13-24(25)21-31-17-14-26-8-4-6-15-33-26/h2-13,15-16,18,31-32H,14,17,19-22H2,1H3. The minimum absolute atomic E-state index is 0.748. The Morgan fingerprint density at radius 1 is 0.722 bits per heavy atom. The summed E-state index contributed by atoms with van der Waals surface area (Å²) in [5, 5.41) is 7.14. The van der Waals surface area contributed by atoms with Crippen molar-refractivity contribution >= 4 is 11.0 Å². The molecular formula is C30H32N6. The van der Waals surface area contributed by atoms with Gasteiger partial charge >= 0.3 is 0 Å². The lowest BCUT2D eigenvalue weighted by molar-refractivity contribution is 0.668. The van der Waals surface area contributed by atoms with Crippen LogP contribution in [-0.4, -0.2) is 26.1 Å². The van der Waals surface area contributed by atoms with Crippen LogP contribution in [0.25, 0.3) is 11.0 Å². The largest absolute Gasteiger partial charge is 0.331 e. The van der Waals surface area contributed by atoms with Crippen molar-refractivity contribution in [2.45, 2.75) is 32.5 Å². The maximum atomic E-state index is 4.93. The number of benzene rings is 2. The van der Waals surface area contributed by atoms with Gasteiger partial charge in [-0.1, -0.05) is 42.5 Å². The number of nitrogens with zero attached hydrogens (tertiary/aromatic N) is 4. The molecule has 3 heterocycles. The number of pyridine rings is 2. The molecule has 5 aromatic rings. The molecule has 0 unspecified atom stereocenters. The Morgan fingerprint density at radius 3 is 2.28 bits per heavy atom. The smallest absolute Gasteiger partial charge is 0.114 e. The van der Waals surface area contributed by atoms with E-state index in [1.54, 1.807) is 0 Å². The molecule has 0 fully saturated rings. The van der Waals surface area contributed by atoms with Crippen LogP contribution in [0.4, 0.5) is 0 Å². The summed E-state index contributed by atoms with van der Waals surface area (Å²) in [6.45, 7) is 3.24. The highest BCUT2D eigenvalue weighted by Gasteiger charge is 2.12. The van der Waals surface area contributed by atoms with Crippen LogP contribution >= 0.6 is 0 Å². The minimum atomic E-state index is 0.748. The summed E-state index contributed by atoms with van der Waals surface area (Å²) in [7, 11) is 2.10. The molecule has 0 bridgehead atoms. The van der Waals surface area contributed by atoms with Gasteiger partial charge < -0.3 is 15.2 Å². The summed E-state index contributed by atoms with van der Waals surface area (Å²) in [4.78, 5) is 13.8. The minimum Gasteiger partial charge on any atom is -0.331 e. The fourth-order valence-electron chi connectivity index (χ4n) is 4.47. The van der Waals surface area contributed by atoms with E-state index in [9.17, 15) is 0 Å². The molecule has 0 saturated carbocycles. The van der Waals surface area contributed by atoms with E-state index < -0.39 is 0 Å². The molecule has 182 valence electrons. The number of aromatic nitrogens is 4. The third kappa shape index (κ3) is 6.03. The van der Waals surface area contributed by atoms with Gasteiger partial charge in [0, 0.05) is 64.2 Å². The predicted molar refractivity (Wildman–Crippen MR) is 144 cm³/mol. The summed E-state index contributed by atoms with van der Waals surface area (Å²) in [5.41, 5.74) is 8.23. The molecule has 36 heavy (non-hydrogen) atoms. The molecule has 0 aliphatic heterocycles. The lowest BCUT2D eigenvalue weighted by atomic mass is 10.0. The summed E-state index contributed by atoms with van der Waals surface area (Å²) in [6.07, 6.45) is 5.39. The molecule has 0 aliphatic carbocycles. The fourth-order valence-corrected chi connectivity index (χ4v) is 4.47. The maximum absolute atomic E-state index is 4.93. The normalized spacial score (nSPS) is 11.2. The number of hydrogen-bond acceptors (Lipinski definition) is 5. The van der Waals surface area contributed by atoms with Crippen molar-refractivity contribution in [1.82, 2.24) is 30.2 Å². The van der Waals surface area contributed by atoms with Crippen molar-refractivity contribution in [3.05, 3.63) is 125 Å². The van der Waals surface area contributed by atoms with Crippen LogP contribution in [0.2, 0.25) is 0 Å². The van der Waals surface area contributed by atoms with Gasteiger partial charge in [-0.3, -0.25) is 9.97 Å². The van der Waals surface area contributed by atoms with Gasteiger partial charge in [-0.05, 0) is 53.1 Å². The Kier molecular flexibility index (Phi) is 7.76. The molecule has 0 radical (unpaired) electrons. The zero-order valence-electron chi connectivity index (χ0n) is 20.7. The number of rotatable bonds is 11. The molecule has 0 amide bonds. The van der Waals surface area contributed by atoms with Gasteiger partial charge in [-0.15, -0.1) is 0 Å². The van der Waals surface area contributed by atoms with Crippen molar-refractivity contribution in [1.29, 1.82) is 0 Å². The van der Waals surface area contributed by atoms with Gasteiger partial charge in [0.1, 0.15) is 5.82 Å². The van der Waals surface area contributed by atoms with Gasteiger partial charge in [0.2, 0.25) is 0 Å². The second kappa shape index (κ2) is 11.7. The Morgan fingerprint density at radius 2 is 1.50 bits per heavy atom. The molecule has 2 N–H and O–H groups in total. The lowest BCUT2D eigenvalue weighted by Gasteiger charge is -2.14. The third-order valence-corrected chi connectivity index (χ3v) is 6.46. The molecule has 5 rings (SSSR count). The van der Waals surface area contributed by atoms with Crippen LogP contribution < -0.4 is 10.6 Å². The summed E-state index contributed by atoms with van der Waals surface area (Å²) in [6, 6.07) is 27.2. The molecule has 3 aromatic heterocycles. The molecule has 6 heteroatoms. The number of hydrogen-bond donors (Lipinski definition) is 2. The number of nitrogens with one attached hydrogen (secondary N) is 2. The highest BCUT2D eigenvalue weighted by atomic mass is 15.1. The highest BCUT2D eigenvalue weighted by Crippen LogP contribution is 2.20. The first-order chi connectivity index (χ1) is 17.8. The SMILES string of the molecule is Cn1c(Cc2cc(CNCc3ccccn3)ccc2CNCCc2ccccn2)nc2ccccc21. The van der Waals surface area contributed by atoms with Gasteiger partial charge in [0.05, 0.1) is 16.7 Å². The Hall–Kier alpha value is -3.87. The Balaban J connectivity index is 1.30. The van der Waals surface area contributed by atoms with Crippen LogP contribution in [-0.2, 0) is 39.5 Å². The van der Waals surface area contributed by atoms with Gasteiger partial charge in [-0.2, -0.15) is 0 Å². The molecule has 0 spiro atoms. The van der Waals surface area contributed by atoms with Crippen LogP contribution in [0.3, 0.4) is 0 Å². The summed E-state index contributed by atoms with van der Waals surface area (Å²) < 4.78 is 2.21. The second-order valence-corrected chi connectivity index (χ2v) is 9.03. The highest BCUT2D eigenvalue weighted by molar-refractivity contribution is 5.75. The third-order valence-electron chi connectivity index (χ3n) is 6.46. The van der Waals surface area contributed by atoms with Crippen molar-refractivity contribution in [3.8, 4) is 0 Å². The molecule has 0 atom stereocenters. The molecule has 2 aromatic carbocycles. The number of fused-ring (bicyclic) bond motifs is 1. The van der Waals surface area contributed by atoms with E-state index in [0.29, 0.717) is 0 Å². The second-order valence-electron chi connectivity index (χ2n) is 9.03. The quantitative estimate of drug-likeness (QED) is 0.273. The Labute approximate surface area is 212 Å². The van der Waals surface area contributed by atoms with E-state index in [-0.39, 0.29) is 0 Å². The first-order valence-electron chi connectivity index (χ1n) is 12.5. The average molecular weight is 477 g/mol. The van der Waals surface area contributed by atoms with Gasteiger partial charge in [-0.25, -0.2) is 4.98 Å². The zero-order valence-corrected chi connectivity index (χ0v) is 20.7. The topological polar surface area (TPSA) is 67.7 Å². The number of aryl methyl sites for hydroxylation is 1. The summed E-state index contributed by atoms with van der Waals surface area (Å²) >= 11 is 0. The van der Waals surface area contributed by atoms with Crippen LogP contribution in [0.1, 0.15) is 33.9 Å². The zero-order chi connectivity index (χ0) is 24.6. The first-order valence-corrected chi connectivity index (χ1v) is 12.5. The van der Waals surface area contributed by atoms with Gasteiger partial charge in [0.25, 0.3) is 0 Å². The Bertz CT molecular complexity index is 1400. The van der Waals surface area contributed by atoms with Crippen molar-refractivity contribution in [2.75, 3.05) is 6.54 Å². The lowest BCUT2D eigenvalue weighted by Crippen LogP contribution is -2.19. The maximum Gasteiger partial charge on any atom is 0.114 e. The van der Waals surface area contributed by atoms with Gasteiger partial charge in [0.15, 0.2) is 0 Å². The van der Waals surface area contributed by atoms with Crippen molar-refractivity contribution < 1.29 is 0 Å². The van der Waals surface area contributed by atoms with Crippen LogP contribution in [0.5, 0.6) is 0 Å². The van der Waals surface area contributed by atoms with E-state index >= 15 is 0 Å². The number of imidazole rings is 1. The first kappa shape index (κ1) is 23.9. The van der Waals surface area contributed by atoms with Crippen LogP contribution in [0, 0.1) is 0 Å². The molecule has 0 saturated heterocycles. The fraction of sp³-hybridized carbons (Fsp3) is 0.233. The predicted octanol–water partition coefficient (Wildman–Crippen LogP) is 4.58. The average Bonchev–Trinajstić information content (AvgIpc) is 3.24. The number of para-hydroxylation sites is 2. The van der Waals surface area contributed by atoms with E-state index in [0.717, 1.165) is 67.3 Å². The van der Waals surface area contributed by atoms with E-state index in [1.165, 1.54) is 16.7 Å². The summed E-state index contributed by atoms with van der Waals surface area (Å²) in [5.74, 6) is 1.07. The monoisotopic (exact) mass is 476 g/mol. The van der Waals surface area contributed by atoms with E-state index in [4.69, 9.17) is 4.98 Å². The van der Waals surface area contributed by atoms with E-state index in [2.05, 4.69) is 74.7 Å².